The Hall–Kier alpha value is -2.04. The number of carbonyl (C=O) groups is 1. The third-order valence-corrected chi connectivity index (χ3v) is 5.56. The van der Waals surface area contributed by atoms with Gasteiger partial charge >= 0.3 is 0 Å². The lowest BCUT2D eigenvalue weighted by Gasteiger charge is -2.32. The summed E-state index contributed by atoms with van der Waals surface area (Å²) in [6.07, 6.45) is 1.89. The smallest absolute Gasteiger partial charge is 0.265 e. The molecule has 0 saturated carbocycles. The maximum atomic E-state index is 11.7. The molecule has 1 N–H and O–H groups in total. The fraction of sp³-hybridized carbons (Fsp3) is 0.381. The van der Waals surface area contributed by atoms with Gasteiger partial charge in [0.25, 0.3) is 5.91 Å². The molecule has 2 aromatic carbocycles. The fourth-order valence-electron chi connectivity index (χ4n) is 3.76. The van der Waals surface area contributed by atoms with E-state index in [4.69, 9.17) is 16.3 Å². The molecule has 0 radical (unpaired) electrons. The Morgan fingerprint density at radius 1 is 1.15 bits per heavy atom. The average molecular weight is 371 g/mol. The van der Waals surface area contributed by atoms with Gasteiger partial charge in [0.1, 0.15) is 5.75 Å². The minimum absolute atomic E-state index is 0.0884. The van der Waals surface area contributed by atoms with Gasteiger partial charge in [-0.1, -0.05) is 29.8 Å². The van der Waals surface area contributed by atoms with Crippen LogP contribution in [0.3, 0.4) is 0 Å². The molecule has 2 aromatic rings. The highest BCUT2D eigenvalue weighted by atomic mass is 35.5. The first-order valence-electron chi connectivity index (χ1n) is 9.17. The molecule has 5 heteroatoms. The summed E-state index contributed by atoms with van der Waals surface area (Å²) >= 11 is 5.99. The van der Waals surface area contributed by atoms with Crippen molar-refractivity contribution in [2.75, 3.05) is 18.4 Å². The summed E-state index contributed by atoms with van der Waals surface area (Å²) in [6.45, 7) is 4.84. The Morgan fingerprint density at radius 3 is 2.62 bits per heavy atom. The lowest BCUT2D eigenvalue weighted by atomic mass is 9.89. The van der Waals surface area contributed by atoms with Crippen LogP contribution in [-0.4, -0.2) is 30.0 Å². The molecule has 0 aliphatic carbocycles. The lowest BCUT2D eigenvalue weighted by molar-refractivity contribution is -0.122. The second kappa shape index (κ2) is 7.29. The molecule has 1 fully saturated rings. The highest BCUT2D eigenvalue weighted by Crippen LogP contribution is 2.32. The maximum Gasteiger partial charge on any atom is 0.265 e. The molecular formula is C21H23ClN2O2. The maximum absolute atomic E-state index is 11.7. The minimum atomic E-state index is -0.437. The van der Waals surface area contributed by atoms with Gasteiger partial charge in [0.15, 0.2) is 6.10 Å². The van der Waals surface area contributed by atoms with Crippen LogP contribution in [0.15, 0.2) is 42.5 Å². The van der Waals surface area contributed by atoms with Gasteiger partial charge < -0.3 is 10.1 Å². The number of benzene rings is 2. The van der Waals surface area contributed by atoms with Gasteiger partial charge in [0.05, 0.1) is 5.69 Å². The molecule has 1 amide bonds. The normalized spacial score (nSPS) is 21.0. The lowest BCUT2D eigenvalue weighted by Crippen LogP contribution is -2.35. The zero-order chi connectivity index (χ0) is 18.1. The Balaban J connectivity index is 1.37. The Morgan fingerprint density at radius 2 is 1.88 bits per heavy atom. The van der Waals surface area contributed by atoms with E-state index in [-0.39, 0.29) is 5.91 Å². The van der Waals surface area contributed by atoms with Crippen molar-refractivity contribution in [2.45, 2.75) is 38.3 Å². The van der Waals surface area contributed by atoms with Crippen LogP contribution in [0.5, 0.6) is 5.75 Å². The number of likely N-dealkylation sites (tertiary alicyclic amines) is 1. The topological polar surface area (TPSA) is 41.6 Å². The summed E-state index contributed by atoms with van der Waals surface area (Å²) in [7, 11) is 0. The number of nitrogens with zero attached hydrogens (tertiary/aromatic N) is 1. The third kappa shape index (κ3) is 3.71. The minimum Gasteiger partial charge on any atom is -0.479 e. The number of fused-ring (bicyclic) bond motifs is 1. The molecule has 1 saturated heterocycles. The molecule has 26 heavy (non-hydrogen) atoms. The molecule has 0 bridgehead atoms. The molecule has 2 aliphatic heterocycles. The molecule has 2 aliphatic rings. The van der Waals surface area contributed by atoms with Crippen LogP contribution < -0.4 is 10.1 Å². The van der Waals surface area contributed by atoms with Gasteiger partial charge in [-0.3, -0.25) is 9.69 Å². The zero-order valence-electron chi connectivity index (χ0n) is 14.9. The standard InChI is InChI=1S/C21H23ClN2O2/c1-14-21(25)23-19-7-2-15(12-20(19)26-14)13-24-10-8-17(9-11-24)16-3-5-18(22)6-4-16/h2-7,12,14,17H,8-11,13H2,1H3,(H,23,25). The van der Waals surface area contributed by atoms with Crippen molar-refractivity contribution >= 4 is 23.2 Å². The molecule has 4 rings (SSSR count). The second-order valence-electron chi connectivity index (χ2n) is 7.18. The number of carbonyl (C=O) groups excluding carboxylic acids is 1. The van der Waals surface area contributed by atoms with E-state index in [0.29, 0.717) is 5.92 Å². The van der Waals surface area contributed by atoms with E-state index >= 15 is 0 Å². The van der Waals surface area contributed by atoms with E-state index in [0.717, 1.165) is 48.9 Å². The van der Waals surface area contributed by atoms with Gasteiger partial charge in [-0.15, -0.1) is 0 Å². The van der Waals surface area contributed by atoms with E-state index < -0.39 is 6.10 Å². The summed E-state index contributed by atoms with van der Waals surface area (Å²) in [5.74, 6) is 1.30. The monoisotopic (exact) mass is 370 g/mol. The number of hydrogen-bond donors (Lipinski definition) is 1. The highest BCUT2D eigenvalue weighted by Gasteiger charge is 2.24. The molecular weight excluding hydrogens is 348 g/mol. The summed E-state index contributed by atoms with van der Waals surface area (Å²) in [5.41, 5.74) is 3.37. The molecule has 2 heterocycles. The number of ether oxygens (including phenoxy) is 1. The molecule has 0 aromatic heterocycles. The van der Waals surface area contributed by atoms with Crippen LogP contribution in [0, 0.1) is 0 Å². The zero-order valence-corrected chi connectivity index (χ0v) is 15.6. The van der Waals surface area contributed by atoms with Crippen molar-refractivity contribution in [3.8, 4) is 5.75 Å². The first kappa shape index (κ1) is 17.4. The Kier molecular flexibility index (Phi) is 4.88. The number of halogens is 1. The molecule has 1 atom stereocenters. The van der Waals surface area contributed by atoms with Crippen molar-refractivity contribution in [1.82, 2.24) is 4.90 Å². The van der Waals surface area contributed by atoms with Gasteiger partial charge in [0, 0.05) is 11.6 Å². The largest absolute Gasteiger partial charge is 0.479 e. The number of piperidine rings is 1. The van der Waals surface area contributed by atoms with Crippen molar-refractivity contribution in [3.63, 3.8) is 0 Å². The second-order valence-corrected chi connectivity index (χ2v) is 7.62. The highest BCUT2D eigenvalue weighted by molar-refractivity contribution is 6.30. The number of hydrogen-bond acceptors (Lipinski definition) is 3. The van der Waals surface area contributed by atoms with Crippen molar-refractivity contribution in [1.29, 1.82) is 0 Å². The predicted molar refractivity (Wildman–Crippen MR) is 104 cm³/mol. The van der Waals surface area contributed by atoms with Crippen molar-refractivity contribution < 1.29 is 9.53 Å². The van der Waals surface area contributed by atoms with Crippen LogP contribution >= 0.6 is 11.6 Å². The molecule has 0 spiro atoms. The SMILES string of the molecule is CC1Oc2cc(CN3CCC(c4ccc(Cl)cc4)CC3)ccc2NC1=O. The number of anilines is 1. The summed E-state index contributed by atoms with van der Waals surface area (Å²) in [5, 5.41) is 3.68. The van der Waals surface area contributed by atoms with E-state index in [9.17, 15) is 4.79 Å². The van der Waals surface area contributed by atoms with Gasteiger partial charge in [-0.25, -0.2) is 0 Å². The summed E-state index contributed by atoms with van der Waals surface area (Å²) < 4.78 is 5.72. The fourth-order valence-corrected chi connectivity index (χ4v) is 3.89. The molecule has 1 unspecified atom stereocenters. The van der Waals surface area contributed by atoms with Crippen LogP contribution in [0.1, 0.15) is 36.8 Å². The molecule has 136 valence electrons. The quantitative estimate of drug-likeness (QED) is 0.868. The van der Waals surface area contributed by atoms with Crippen LogP contribution in [-0.2, 0) is 11.3 Å². The first-order chi connectivity index (χ1) is 12.6. The third-order valence-electron chi connectivity index (χ3n) is 5.31. The van der Waals surface area contributed by atoms with Crippen LogP contribution in [0.25, 0.3) is 0 Å². The predicted octanol–water partition coefficient (Wildman–Crippen LogP) is 4.44. The molecule has 4 nitrogen and oxygen atoms in total. The van der Waals surface area contributed by atoms with E-state index in [1.54, 1.807) is 6.92 Å². The number of amides is 1. The van der Waals surface area contributed by atoms with Crippen LogP contribution in [0.4, 0.5) is 5.69 Å². The van der Waals surface area contributed by atoms with Crippen molar-refractivity contribution in [3.05, 3.63) is 58.6 Å². The average Bonchev–Trinajstić information content (AvgIpc) is 2.64. The Labute approximate surface area is 159 Å². The number of rotatable bonds is 3. The van der Waals surface area contributed by atoms with E-state index in [1.807, 2.05) is 18.2 Å². The summed E-state index contributed by atoms with van der Waals surface area (Å²) in [6, 6.07) is 14.3. The first-order valence-corrected chi connectivity index (χ1v) is 9.54. The van der Waals surface area contributed by atoms with Gasteiger partial charge in [-0.05, 0) is 74.2 Å². The van der Waals surface area contributed by atoms with E-state index in [2.05, 4.69) is 34.5 Å². The summed E-state index contributed by atoms with van der Waals surface area (Å²) in [4.78, 5) is 14.2. The van der Waals surface area contributed by atoms with E-state index in [1.165, 1.54) is 11.1 Å². The Bertz CT molecular complexity index is 798. The van der Waals surface area contributed by atoms with Gasteiger partial charge in [-0.2, -0.15) is 0 Å². The van der Waals surface area contributed by atoms with Crippen LogP contribution in [0.2, 0.25) is 5.02 Å². The van der Waals surface area contributed by atoms with Gasteiger partial charge in [0.2, 0.25) is 0 Å². The van der Waals surface area contributed by atoms with Crippen molar-refractivity contribution in [2.24, 2.45) is 0 Å². The number of nitrogens with one attached hydrogen (secondary N) is 1.